The molecule has 0 aromatic heterocycles. The first-order valence-corrected chi connectivity index (χ1v) is 6.86. The van der Waals surface area contributed by atoms with Gasteiger partial charge in [-0.2, -0.15) is 4.31 Å². The van der Waals surface area contributed by atoms with E-state index in [0.717, 1.165) is 6.26 Å². The van der Waals surface area contributed by atoms with Gasteiger partial charge in [0.1, 0.15) is 6.04 Å². The van der Waals surface area contributed by atoms with Crippen LogP contribution in [0.2, 0.25) is 0 Å². The molecule has 1 saturated heterocycles. The van der Waals surface area contributed by atoms with Gasteiger partial charge in [0.2, 0.25) is 10.0 Å². The lowest BCUT2D eigenvalue weighted by Crippen LogP contribution is -2.43. The van der Waals surface area contributed by atoms with Crippen molar-refractivity contribution in [3.8, 4) is 0 Å². The van der Waals surface area contributed by atoms with Gasteiger partial charge in [-0.1, -0.05) is 6.92 Å². The van der Waals surface area contributed by atoms with Gasteiger partial charge in [-0.15, -0.1) is 0 Å². The van der Waals surface area contributed by atoms with Gasteiger partial charge in [0, 0.05) is 6.54 Å². The van der Waals surface area contributed by atoms with Gasteiger partial charge in [-0.3, -0.25) is 4.79 Å². The summed E-state index contributed by atoms with van der Waals surface area (Å²) >= 11 is 0. The van der Waals surface area contributed by atoms with Crippen LogP contribution in [0.5, 0.6) is 0 Å². The highest BCUT2D eigenvalue weighted by Gasteiger charge is 2.42. The van der Waals surface area contributed by atoms with Gasteiger partial charge < -0.3 is 4.74 Å². The van der Waals surface area contributed by atoms with Crippen LogP contribution in [-0.2, 0) is 19.6 Å². The Balaban J connectivity index is 2.87. The predicted molar refractivity (Wildman–Crippen MR) is 55.8 cm³/mol. The number of sulfonamides is 1. The number of rotatable bonds is 3. The fraction of sp³-hybridized carbons (Fsp3) is 0.889. The first kappa shape index (κ1) is 12.4. The number of esters is 1. The van der Waals surface area contributed by atoms with Crippen LogP contribution in [0.15, 0.2) is 0 Å². The number of carbonyl (C=O) groups is 1. The molecule has 0 spiro atoms. The van der Waals surface area contributed by atoms with E-state index in [0.29, 0.717) is 13.0 Å². The lowest BCUT2D eigenvalue weighted by molar-refractivity contribution is -0.148. The standard InChI is InChI=1S/C9H17NO4S/c1-4-14-9(11)8-7(2)5-6-10(8)15(3,12)13/h7-8H,4-6H2,1-3H3/t7-,8-/m1/s1. The number of nitrogens with zero attached hydrogens (tertiary/aromatic N) is 1. The molecule has 5 nitrogen and oxygen atoms in total. The van der Waals surface area contributed by atoms with Crippen LogP contribution in [0.3, 0.4) is 0 Å². The molecule has 0 N–H and O–H groups in total. The summed E-state index contributed by atoms with van der Waals surface area (Å²) in [5, 5.41) is 0. The molecule has 1 rings (SSSR count). The fourth-order valence-electron chi connectivity index (χ4n) is 1.86. The Bertz CT molecular complexity index is 338. The number of ether oxygens (including phenoxy) is 1. The zero-order valence-corrected chi connectivity index (χ0v) is 10.1. The van der Waals surface area contributed by atoms with Gasteiger partial charge in [0.15, 0.2) is 0 Å². The van der Waals surface area contributed by atoms with E-state index in [2.05, 4.69) is 0 Å². The van der Waals surface area contributed by atoms with Crippen molar-refractivity contribution in [3.05, 3.63) is 0 Å². The molecule has 0 amide bonds. The molecular formula is C9H17NO4S. The summed E-state index contributed by atoms with van der Waals surface area (Å²) in [5.74, 6) is -0.410. The molecule has 1 heterocycles. The Kier molecular flexibility index (Phi) is 3.72. The van der Waals surface area contributed by atoms with Gasteiger partial charge in [0.05, 0.1) is 12.9 Å². The minimum absolute atomic E-state index is 0.0266. The molecule has 0 bridgehead atoms. The van der Waals surface area contributed by atoms with Crippen molar-refractivity contribution in [1.82, 2.24) is 4.31 Å². The lowest BCUT2D eigenvalue weighted by atomic mass is 10.0. The second-order valence-corrected chi connectivity index (χ2v) is 5.77. The van der Waals surface area contributed by atoms with Crippen molar-refractivity contribution in [1.29, 1.82) is 0 Å². The molecule has 0 aliphatic carbocycles. The van der Waals surface area contributed by atoms with Crippen LogP contribution >= 0.6 is 0 Å². The highest BCUT2D eigenvalue weighted by Crippen LogP contribution is 2.27. The van der Waals surface area contributed by atoms with Crippen LogP contribution in [-0.4, -0.2) is 44.1 Å². The highest BCUT2D eigenvalue weighted by atomic mass is 32.2. The van der Waals surface area contributed by atoms with Crippen molar-refractivity contribution in [2.75, 3.05) is 19.4 Å². The molecule has 1 aliphatic rings. The van der Waals surface area contributed by atoms with E-state index in [1.54, 1.807) is 6.92 Å². The molecule has 0 aromatic rings. The highest BCUT2D eigenvalue weighted by molar-refractivity contribution is 7.88. The van der Waals surface area contributed by atoms with Crippen LogP contribution in [0.1, 0.15) is 20.3 Å². The summed E-state index contributed by atoms with van der Waals surface area (Å²) in [6.45, 7) is 4.26. The Morgan fingerprint density at radius 3 is 2.60 bits per heavy atom. The zero-order valence-electron chi connectivity index (χ0n) is 9.26. The Morgan fingerprint density at radius 1 is 1.53 bits per heavy atom. The van der Waals surface area contributed by atoms with Gasteiger partial charge in [-0.25, -0.2) is 8.42 Å². The summed E-state index contributed by atoms with van der Waals surface area (Å²) in [7, 11) is -3.32. The van der Waals surface area contributed by atoms with E-state index in [-0.39, 0.29) is 12.5 Å². The maximum absolute atomic E-state index is 11.6. The second-order valence-electron chi connectivity index (χ2n) is 3.84. The average Bonchev–Trinajstić information content (AvgIpc) is 2.46. The summed E-state index contributed by atoms with van der Waals surface area (Å²) in [4.78, 5) is 11.6. The third kappa shape index (κ3) is 2.69. The molecule has 6 heteroatoms. The normalized spacial score (nSPS) is 27.9. The van der Waals surface area contributed by atoms with E-state index >= 15 is 0 Å². The van der Waals surface area contributed by atoms with Crippen molar-refractivity contribution < 1.29 is 17.9 Å². The minimum Gasteiger partial charge on any atom is -0.465 e. The summed E-state index contributed by atoms with van der Waals surface area (Å²) in [6.07, 6.45) is 1.83. The largest absolute Gasteiger partial charge is 0.465 e. The van der Waals surface area contributed by atoms with Crippen molar-refractivity contribution >= 4 is 16.0 Å². The second kappa shape index (κ2) is 4.49. The smallest absolute Gasteiger partial charge is 0.324 e. The predicted octanol–water partition coefficient (Wildman–Crippen LogP) is 0.220. The monoisotopic (exact) mass is 235 g/mol. The third-order valence-electron chi connectivity index (χ3n) is 2.61. The Labute approximate surface area is 90.4 Å². The molecule has 0 saturated carbocycles. The van der Waals surface area contributed by atoms with Crippen LogP contribution in [0.25, 0.3) is 0 Å². The first-order chi connectivity index (χ1) is 6.88. The van der Waals surface area contributed by atoms with E-state index in [1.807, 2.05) is 6.92 Å². The Morgan fingerprint density at radius 2 is 2.13 bits per heavy atom. The molecule has 1 aliphatic heterocycles. The number of carbonyl (C=O) groups excluding carboxylic acids is 1. The van der Waals surface area contributed by atoms with Crippen molar-refractivity contribution in [2.45, 2.75) is 26.3 Å². The molecule has 1 fully saturated rings. The zero-order chi connectivity index (χ0) is 11.6. The van der Waals surface area contributed by atoms with Crippen molar-refractivity contribution in [3.63, 3.8) is 0 Å². The molecule has 0 unspecified atom stereocenters. The fourth-order valence-corrected chi connectivity index (χ4v) is 3.00. The maximum Gasteiger partial charge on any atom is 0.324 e. The number of hydrogen-bond donors (Lipinski definition) is 0. The van der Waals surface area contributed by atoms with Crippen LogP contribution in [0.4, 0.5) is 0 Å². The van der Waals surface area contributed by atoms with Gasteiger partial charge in [0.25, 0.3) is 0 Å². The van der Waals surface area contributed by atoms with Crippen molar-refractivity contribution in [2.24, 2.45) is 5.92 Å². The van der Waals surface area contributed by atoms with E-state index < -0.39 is 22.0 Å². The van der Waals surface area contributed by atoms with Gasteiger partial charge >= 0.3 is 5.97 Å². The molecule has 0 radical (unpaired) electrons. The lowest BCUT2D eigenvalue weighted by Gasteiger charge is -2.22. The molecule has 2 atom stereocenters. The Hall–Kier alpha value is -0.620. The summed E-state index contributed by atoms with van der Waals surface area (Å²) < 4.78 is 28.9. The van der Waals surface area contributed by atoms with Crippen LogP contribution in [0, 0.1) is 5.92 Å². The molecule has 15 heavy (non-hydrogen) atoms. The molecular weight excluding hydrogens is 218 g/mol. The molecule has 88 valence electrons. The quantitative estimate of drug-likeness (QED) is 0.656. The maximum atomic E-state index is 11.6. The number of hydrogen-bond acceptors (Lipinski definition) is 4. The van der Waals surface area contributed by atoms with E-state index in [4.69, 9.17) is 4.74 Å². The summed E-state index contributed by atoms with van der Waals surface area (Å²) in [6, 6.07) is -0.639. The minimum atomic E-state index is -3.32. The molecule has 0 aromatic carbocycles. The van der Waals surface area contributed by atoms with E-state index in [9.17, 15) is 13.2 Å². The van der Waals surface area contributed by atoms with E-state index in [1.165, 1.54) is 4.31 Å². The van der Waals surface area contributed by atoms with Gasteiger partial charge in [-0.05, 0) is 19.3 Å². The SMILES string of the molecule is CCOC(=O)[C@H]1[C@H](C)CCN1S(C)(=O)=O. The van der Waals surface area contributed by atoms with Crippen LogP contribution < -0.4 is 0 Å². The topological polar surface area (TPSA) is 63.7 Å². The summed E-state index contributed by atoms with van der Waals surface area (Å²) in [5.41, 5.74) is 0. The first-order valence-electron chi connectivity index (χ1n) is 5.01. The third-order valence-corrected chi connectivity index (χ3v) is 3.87. The average molecular weight is 235 g/mol.